The minimum Gasteiger partial charge on any atom is -0.468 e. The standard InChI is InChI=1S/C23H32NO5P/c1-18(2)15-22(23(25)27-4)24-19(3)30(26,28-16-20-11-7-5-8-12-20)29-17-21-13-9-6-10-14-21/h5-14,18-19,22,24H,15-17H2,1-4H3/t19-,22-/m0/s1. The molecule has 0 aliphatic heterocycles. The van der Waals surface area contributed by atoms with E-state index in [0.29, 0.717) is 6.42 Å². The Hall–Kier alpha value is -1.98. The lowest BCUT2D eigenvalue weighted by molar-refractivity contribution is -0.143. The summed E-state index contributed by atoms with van der Waals surface area (Å²) in [5.74, 6) is -0.843. The van der Waals surface area contributed by atoms with Crippen molar-refractivity contribution in [1.29, 1.82) is 0 Å². The van der Waals surface area contributed by atoms with E-state index in [2.05, 4.69) is 5.32 Å². The van der Waals surface area contributed by atoms with E-state index in [-0.39, 0.29) is 19.1 Å². The first kappa shape index (κ1) is 24.3. The Kier molecular flexibility index (Phi) is 9.73. The van der Waals surface area contributed by atoms with Crippen molar-refractivity contribution >= 4 is 13.6 Å². The highest BCUT2D eigenvalue weighted by Crippen LogP contribution is 2.53. The average Bonchev–Trinajstić information content (AvgIpc) is 2.76. The number of hydrogen-bond acceptors (Lipinski definition) is 6. The summed E-state index contributed by atoms with van der Waals surface area (Å²) in [4.78, 5) is 12.2. The zero-order valence-electron chi connectivity index (χ0n) is 18.1. The summed E-state index contributed by atoms with van der Waals surface area (Å²) in [6.07, 6.45) is 0.550. The van der Waals surface area contributed by atoms with Crippen LogP contribution in [0.15, 0.2) is 60.7 Å². The van der Waals surface area contributed by atoms with Gasteiger partial charge in [-0.2, -0.15) is 0 Å². The van der Waals surface area contributed by atoms with Crippen LogP contribution in [0.25, 0.3) is 0 Å². The Morgan fingerprint density at radius 1 is 0.900 bits per heavy atom. The molecule has 2 aromatic rings. The number of benzene rings is 2. The van der Waals surface area contributed by atoms with Crippen LogP contribution in [0.2, 0.25) is 0 Å². The van der Waals surface area contributed by atoms with Crippen molar-refractivity contribution in [2.45, 2.75) is 52.2 Å². The van der Waals surface area contributed by atoms with Gasteiger partial charge in [0.15, 0.2) is 0 Å². The second-order valence-electron chi connectivity index (χ2n) is 7.61. The monoisotopic (exact) mass is 433 g/mol. The van der Waals surface area contributed by atoms with Crippen LogP contribution < -0.4 is 5.32 Å². The third-order valence-corrected chi connectivity index (χ3v) is 6.69. The summed E-state index contributed by atoms with van der Waals surface area (Å²) in [5.41, 5.74) is 1.78. The van der Waals surface area contributed by atoms with Crippen molar-refractivity contribution in [3.05, 3.63) is 71.8 Å². The number of nitrogens with one attached hydrogen (secondary N) is 1. The predicted molar refractivity (Wildman–Crippen MR) is 118 cm³/mol. The molecule has 164 valence electrons. The van der Waals surface area contributed by atoms with Gasteiger partial charge in [-0.15, -0.1) is 0 Å². The molecule has 0 heterocycles. The van der Waals surface area contributed by atoms with Crippen LogP contribution in [-0.2, 0) is 36.4 Å². The normalized spacial score (nSPS) is 13.8. The van der Waals surface area contributed by atoms with Crippen LogP contribution in [0, 0.1) is 5.92 Å². The van der Waals surface area contributed by atoms with E-state index in [1.165, 1.54) is 7.11 Å². The molecule has 2 atom stereocenters. The maximum Gasteiger partial charge on any atom is 0.347 e. The number of ether oxygens (including phenoxy) is 1. The van der Waals surface area contributed by atoms with Crippen molar-refractivity contribution in [3.8, 4) is 0 Å². The molecular weight excluding hydrogens is 401 g/mol. The van der Waals surface area contributed by atoms with Crippen LogP contribution in [0.5, 0.6) is 0 Å². The van der Waals surface area contributed by atoms with Gasteiger partial charge in [-0.25, -0.2) is 0 Å². The van der Waals surface area contributed by atoms with E-state index in [4.69, 9.17) is 13.8 Å². The molecular formula is C23H32NO5P. The lowest BCUT2D eigenvalue weighted by Crippen LogP contribution is -2.43. The maximum atomic E-state index is 13.7. The van der Waals surface area contributed by atoms with Gasteiger partial charge in [0.1, 0.15) is 11.8 Å². The van der Waals surface area contributed by atoms with Crippen LogP contribution in [0.3, 0.4) is 0 Å². The lowest BCUT2D eigenvalue weighted by Gasteiger charge is -2.28. The van der Waals surface area contributed by atoms with Crippen molar-refractivity contribution < 1.29 is 23.1 Å². The van der Waals surface area contributed by atoms with Crippen LogP contribution in [0.1, 0.15) is 38.3 Å². The number of carbonyl (C=O) groups excluding carboxylic acids is 1. The zero-order valence-corrected chi connectivity index (χ0v) is 19.0. The van der Waals surface area contributed by atoms with E-state index in [1.54, 1.807) is 6.92 Å². The van der Waals surface area contributed by atoms with E-state index < -0.39 is 25.4 Å². The summed E-state index contributed by atoms with van der Waals surface area (Å²) < 4.78 is 30.3. The molecule has 2 aromatic carbocycles. The maximum absolute atomic E-state index is 13.7. The topological polar surface area (TPSA) is 73.9 Å². The van der Waals surface area contributed by atoms with Gasteiger partial charge in [-0.05, 0) is 30.4 Å². The van der Waals surface area contributed by atoms with Crippen molar-refractivity contribution in [2.24, 2.45) is 5.92 Å². The summed E-state index contributed by atoms with van der Waals surface area (Å²) in [7, 11) is -2.26. The number of rotatable bonds is 12. The van der Waals surface area contributed by atoms with Crippen LogP contribution >= 0.6 is 7.60 Å². The SMILES string of the molecule is COC(=O)[C@H](CC(C)C)N[C@H](C)P(=O)(OCc1ccccc1)OCc1ccccc1. The number of methoxy groups -OCH3 is 1. The fourth-order valence-electron chi connectivity index (χ4n) is 2.97. The van der Waals surface area contributed by atoms with Gasteiger partial charge >= 0.3 is 13.6 Å². The molecule has 0 fully saturated rings. The fourth-order valence-corrected chi connectivity index (χ4v) is 4.51. The van der Waals surface area contributed by atoms with Gasteiger partial charge in [0, 0.05) is 0 Å². The Balaban J connectivity index is 2.16. The molecule has 0 saturated heterocycles. The van der Waals surface area contributed by atoms with Crippen molar-refractivity contribution in [3.63, 3.8) is 0 Å². The van der Waals surface area contributed by atoms with Crippen molar-refractivity contribution in [2.75, 3.05) is 7.11 Å². The molecule has 7 heteroatoms. The van der Waals surface area contributed by atoms with Gasteiger partial charge in [0.05, 0.1) is 20.3 Å². The summed E-state index contributed by atoms with van der Waals surface area (Å²) in [5, 5.41) is 3.12. The zero-order chi connectivity index (χ0) is 22.0. The first-order valence-corrected chi connectivity index (χ1v) is 11.8. The smallest absolute Gasteiger partial charge is 0.347 e. The van der Waals surface area contributed by atoms with Gasteiger partial charge < -0.3 is 13.8 Å². The molecule has 0 radical (unpaired) electrons. The molecule has 2 rings (SSSR count). The number of carbonyl (C=O) groups is 1. The van der Waals surface area contributed by atoms with E-state index >= 15 is 0 Å². The molecule has 0 spiro atoms. The number of hydrogen-bond donors (Lipinski definition) is 1. The third kappa shape index (κ3) is 7.69. The second kappa shape index (κ2) is 12.0. The molecule has 0 aliphatic rings. The Morgan fingerprint density at radius 2 is 1.37 bits per heavy atom. The molecule has 6 nitrogen and oxygen atoms in total. The highest BCUT2D eigenvalue weighted by molar-refractivity contribution is 7.54. The highest BCUT2D eigenvalue weighted by atomic mass is 31.2. The van der Waals surface area contributed by atoms with E-state index in [9.17, 15) is 9.36 Å². The van der Waals surface area contributed by atoms with E-state index in [1.807, 2.05) is 74.5 Å². The summed E-state index contributed by atoms with van der Waals surface area (Å²) >= 11 is 0. The molecule has 0 saturated carbocycles. The molecule has 0 unspecified atom stereocenters. The predicted octanol–water partition coefficient (Wildman–Crippen LogP) is 5.14. The molecule has 0 aliphatic carbocycles. The first-order valence-electron chi connectivity index (χ1n) is 10.1. The van der Waals surface area contributed by atoms with Gasteiger partial charge in [-0.1, -0.05) is 74.5 Å². The minimum atomic E-state index is -3.61. The molecule has 0 bridgehead atoms. The summed E-state index contributed by atoms with van der Waals surface area (Å²) in [6.45, 7) is 6.03. The molecule has 0 amide bonds. The van der Waals surface area contributed by atoms with Crippen molar-refractivity contribution in [1.82, 2.24) is 5.32 Å². The second-order valence-corrected chi connectivity index (χ2v) is 9.98. The quantitative estimate of drug-likeness (QED) is 0.369. The largest absolute Gasteiger partial charge is 0.468 e. The lowest BCUT2D eigenvalue weighted by atomic mass is 10.0. The van der Waals surface area contributed by atoms with Gasteiger partial charge in [0.2, 0.25) is 0 Å². The van der Waals surface area contributed by atoms with Gasteiger partial charge in [-0.3, -0.25) is 14.7 Å². The Labute approximate surface area is 179 Å². The molecule has 30 heavy (non-hydrogen) atoms. The Bertz CT molecular complexity index is 765. The summed E-state index contributed by atoms with van der Waals surface area (Å²) in [6, 6.07) is 18.4. The minimum absolute atomic E-state index is 0.145. The third-order valence-electron chi connectivity index (χ3n) is 4.62. The molecule has 0 aromatic heterocycles. The highest BCUT2D eigenvalue weighted by Gasteiger charge is 2.36. The van der Waals surface area contributed by atoms with Crippen LogP contribution in [0.4, 0.5) is 0 Å². The van der Waals surface area contributed by atoms with Crippen LogP contribution in [-0.4, -0.2) is 24.9 Å². The Morgan fingerprint density at radius 3 is 1.77 bits per heavy atom. The number of esters is 1. The first-order chi connectivity index (χ1) is 14.3. The average molecular weight is 433 g/mol. The van der Waals surface area contributed by atoms with E-state index in [0.717, 1.165) is 11.1 Å². The fraction of sp³-hybridized carbons (Fsp3) is 0.435. The molecule has 1 N–H and O–H groups in total. The van der Waals surface area contributed by atoms with Gasteiger partial charge in [0.25, 0.3) is 0 Å².